The van der Waals surface area contributed by atoms with Gasteiger partial charge in [0.25, 0.3) is 0 Å². The molecule has 0 fully saturated rings. The highest BCUT2D eigenvalue weighted by Crippen LogP contribution is 2.19. The molecule has 0 atom stereocenters. The molecule has 3 heteroatoms. The number of aryl methyl sites for hydroxylation is 1. The fourth-order valence-electron chi connectivity index (χ4n) is 1.48. The summed E-state index contributed by atoms with van der Waals surface area (Å²) in [6, 6.07) is 3.96. The zero-order valence-corrected chi connectivity index (χ0v) is 6.95. The van der Waals surface area contributed by atoms with Crippen molar-refractivity contribution in [3.05, 3.63) is 29.6 Å². The lowest BCUT2D eigenvalue weighted by Gasteiger charge is -1.96. The molecule has 12 heavy (non-hydrogen) atoms. The van der Waals surface area contributed by atoms with Gasteiger partial charge < -0.3 is 4.84 Å². The predicted octanol–water partition coefficient (Wildman–Crippen LogP) is 1.38. The van der Waals surface area contributed by atoms with Crippen LogP contribution in [0.2, 0.25) is 0 Å². The second-order valence-corrected chi connectivity index (χ2v) is 2.72. The van der Waals surface area contributed by atoms with Crippen LogP contribution in [0.25, 0.3) is 0 Å². The molecule has 0 spiro atoms. The summed E-state index contributed by atoms with van der Waals surface area (Å²) in [6.45, 7) is 0. The van der Waals surface area contributed by atoms with Crippen molar-refractivity contribution in [2.24, 2.45) is 5.16 Å². The van der Waals surface area contributed by atoms with E-state index in [-0.39, 0.29) is 0 Å². The molecular formula is C9H10N2O. The first-order valence-corrected chi connectivity index (χ1v) is 3.96. The van der Waals surface area contributed by atoms with Gasteiger partial charge in [0, 0.05) is 17.5 Å². The van der Waals surface area contributed by atoms with Gasteiger partial charge in [0.2, 0.25) is 0 Å². The molecule has 0 saturated carbocycles. The molecule has 0 amide bonds. The van der Waals surface area contributed by atoms with E-state index in [0.29, 0.717) is 0 Å². The number of hydrogen-bond acceptors (Lipinski definition) is 3. The quantitative estimate of drug-likeness (QED) is 0.584. The van der Waals surface area contributed by atoms with Gasteiger partial charge in [-0.25, -0.2) is 0 Å². The molecular weight excluding hydrogens is 152 g/mol. The van der Waals surface area contributed by atoms with Gasteiger partial charge in [0.15, 0.2) is 0 Å². The van der Waals surface area contributed by atoms with Gasteiger partial charge in [-0.2, -0.15) is 0 Å². The number of hydrogen-bond donors (Lipinski definition) is 0. The molecule has 0 saturated heterocycles. The topological polar surface area (TPSA) is 34.5 Å². The number of aromatic nitrogens is 1. The molecule has 62 valence electrons. The monoisotopic (exact) mass is 162 g/mol. The van der Waals surface area contributed by atoms with E-state index in [0.717, 1.165) is 29.8 Å². The highest BCUT2D eigenvalue weighted by Gasteiger charge is 2.18. The molecule has 1 aliphatic carbocycles. The summed E-state index contributed by atoms with van der Waals surface area (Å²) in [5, 5.41) is 3.94. The van der Waals surface area contributed by atoms with E-state index >= 15 is 0 Å². The Morgan fingerprint density at radius 1 is 1.50 bits per heavy atom. The summed E-state index contributed by atoms with van der Waals surface area (Å²) in [5.74, 6) is 0. The molecule has 1 aromatic heterocycles. The second-order valence-electron chi connectivity index (χ2n) is 2.72. The predicted molar refractivity (Wildman–Crippen MR) is 46.1 cm³/mol. The van der Waals surface area contributed by atoms with Crippen LogP contribution >= 0.6 is 0 Å². The standard InChI is InChI=1S/C9H10N2O/c1-12-11-9-5-4-8-7(9)3-2-6-10-8/h2-3,6H,4-5H2,1H3/b11-9+. The maximum Gasteiger partial charge on any atom is 0.106 e. The molecule has 1 heterocycles. The van der Waals surface area contributed by atoms with E-state index < -0.39 is 0 Å². The van der Waals surface area contributed by atoms with Crippen molar-refractivity contribution < 1.29 is 4.84 Å². The van der Waals surface area contributed by atoms with Crippen LogP contribution in [0.3, 0.4) is 0 Å². The number of oxime groups is 1. The van der Waals surface area contributed by atoms with Crippen LogP contribution in [0.1, 0.15) is 17.7 Å². The Morgan fingerprint density at radius 3 is 3.25 bits per heavy atom. The summed E-state index contributed by atoms with van der Waals surface area (Å²) >= 11 is 0. The Hall–Kier alpha value is -1.38. The van der Waals surface area contributed by atoms with Gasteiger partial charge >= 0.3 is 0 Å². The molecule has 0 radical (unpaired) electrons. The van der Waals surface area contributed by atoms with Gasteiger partial charge in [-0.05, 0) is 25.0 Å². The van der Waals surface area contributed by atoms with Crippen LogP contribution in [0.4, 0.5) is 0 Å². The average molecular weight is 162 g/mol. The molecule has 0 aromatic carbocycles. The molecule has 1 aliphatic rings. The third-order valence-electron chi connectivity index (χ3n) is 2.00. The van der Waals surface area contributed by atoms with E-state index in [4.69, 9.17) is 4.84 Å². The van der Waals surface area contributed by atoms with Gasteiger partial charge in [-0.1, -0.05) is 5.16 Å². The van der Waals surface area contributed by atoms with E-state index in [9.17, 15) is 0 Å². The molecule has 3 nitrogen and oxygen atoms in total. The summed E-state index contributed by atoms with van der Waals surface area (Å²) in [7, 11) is 1.57. The van der Waals surface area contributed by atoms with Gasteiger partial charge in [0.1, 0.15) is 7.11 Å². The second kappa shape index (κ2) is 2.93. The number of fused-ring (bicyclic) bond motifs is 1. The number of pyridine rings is 1. The molecule has 0 unspecified atom stereocenters. The minimum absolute atomic E-state index is 0.945. The maximum absolute atomic E-state index is 4.74. The van der Waals surface area contributed by atoms with Gasteiger partial charge in [-0.3, -0.25) is 4.98 Å². The smallest absolute Gasteiger partial charge is 0.106 e. The van der Waals surface area contributed by atoms with Gasteiger partial charge in [0.05, 0.1) is 5.71 Å². The van der Waals surface area contributed by atoms with E-state index in [1.54, 1.807) is 7.11 Å². The normalized spacial score (nSPS) is 17.9. The molecule has 0 aliphatic heterocycles. The van der Waals surface area contributed by atoms with Crippen LogP contribution in [-0.4, -0.2) is 17.8 Å². The Bertz CT molecular complexity index is 320. The van der Waals surface area contributed by atoms with E-state index in [1.165, 1.54) is 0 Å². The highest BCUT2D eigenvalue weighted by molar-refractivity contribution is 6.03. The summed E-state index contributed by atoms with van der Waals surface area (Å²) in [4.78, 5) is 9.00. The summed E-state index contributed by atoms with van der Waals surface area (Å²) in [6.07, 6.45) is 3.74. The highest BCUT2D eigenvalue weighted by atomic mass is 16.6. The third kappa shape index (κ3) is 1.07. The zero-order chi connectivity index (χ0) is 8.39. The lowest BCUT2D eigenvalue weighted by Crippen LogP contribution is -1.95. The first kappa shape index (κ1) is 7.28. The third-order valence-corrected chi connectivity index (χ3v) is 2.00. The molecule has 2 rings (SSSR count). The van der Waals surface area contributed by atoms with Crippen LogP contribution in [0, 0.1) is 0 Å². The lowest BCUT2D eigenvalue weighted by molar-refractivity contribution is 0.213. The zero-order valence-electron chi connectivity index (χ0n) is 6.95. The fraction of sp³-hybridized carbons (Fsp3) is 0.333. The Balaban J connectivity index is 2.43. The summed E-state index contributed by atoms with van der Waals surface area (Å²) < 4.78 is 0. The number of rotatable bonds is 1. The Kier molecular flexibility index (Phi) is 1.78. The molecule has 0 bridgehead atoms. The van der Waals surface area contributed by atoms with Crippen molar-refractivity contribution in [3.63, 3.8) is 0 Å². The molecule has 1 aromatic rings. The van der Waals surface area contributed by atoms with Crippen molar-refractivity contribution in [2.75, 3.05) is 7.11 Å². The van der Waals surface area contributed by atoms with Crippen molar-refractivity contribution >= 4 is 5.71 Å². The van der Waals surface area contributed by atoms with Crippen molar-refractivity contribution in [1.82, 2.24) is 4.98 Å². The largest absolute Gasteiger partial charge is 0.399 e. The Labute approximate surface area is 71.1 Å². The van der Waals surface area contributed by atoms with Crippen LogP contribution in [-0.2, 0) is 11.3 Å². The van der Waals surface area contributed by atoms with Crippen LogP contribution in [0.5, 0.6) is 0 Å². The van der Waals surface area contributed by atoms with E-state index in [1.807, 2.05) is 18.3 Å². The first-order chi connectivity index (χ1) is 5.92. The van der Waals surface area contributed by atoms with Crippen LogP contribution < -0.4 is 0 Å². The van der Waals surface area contributed by atoms with E-state index in [2.05, 4.69) is 10.1 Å². The SMILES string of the molecule is CO/N=C1\CCc2ncccc21. The minimum Gasteiger partial charge on any atom is -0.399 e. The number of nitrogens with zero attached hydrogens (tertiary/aromatic N) is 2. The van der Waals surface area contributed by atoms with Crippen molar-refractivity contribution in [1.29, 1.82) is 0 Å². The Morgan fingerprint density at radius 2 is 2.42 bits per heavy atom. The average Bonchev–Trinajstić information content (AvgIpc) is 2.50. The first-order valence-electron chi connectivity index (χ1n) is 3.96. The minimum atomic E-state index is 0.945. The van der Waals surface area contributed by atoms with Gasteiger partial charge in [-0.15, -0.1) is 0 Å². The molecule has 0 N–H and O–H groups in total. The van der Waals surface area contributed by atoms with Crippen molar-refractivity contribution in [3.8, 4) is 0 Å². The lowest BCUT2D eigenvalue weighted by atomic mass is 10.2. The van der Waals surface area contributed by atoms with Crippen LogP contribution in [0.15, 0.2) is 23.5 Å². The maximum atomic E-state index is 4.74. The van der Waals surface area contributed by atoms with Crippen molar-refractivity contribution in [2.45, 2.75) is 12.8 Å². The summed E-state index contributed by atoms with van der Waals surface area (Å²) in [5.41, 5.74) is 3.29. The fourth-order valence-corrected chi connectivity index (χ4v) is 1.48.